The van der Waals surface area contributed by atoms with Crippen LogP contribution in [0.25, 0.3) is 16.3 Å². The Morgan fingerprint density at radius 3 is 2.75 bits per heavy atom. The number of amides is 1. The van der Waals surface area contributed by atoms with Crippen molar-refractivity contribution in [2.75, 3.05) is 5.32 Å². The summed E-state index contributed by atoms with van der Waals surface area (Å²) in [6, 6.07) is 14.8. The van der Waals surface area contributed by atoms with Gasteiger partial charge in [0, 0.05) is 10.6 Å². The predicted octanol–water partition coefficient (Wildman–Crippen LogP) is 4.22. The second kappa shape index (κ2) is 7.57. The lowest BCUT2D eigenvalue weighted by Crippen LogP contribution is -2.30. The number of benzene rings is 2. The van der Waals surface area contributed by atoms with Crippen molar-refractivity contribution in [3.05, 3.63) is 59.1 Å². The van der Waals surface area contributed by atoms with Crippen LogP contribution in [0.4, 0.5) is 5.13 Å². The molecule has 2 aromatic carbocycles. The molecule has 1 atom stereocenters. The number of aromatic nitrogens is 4. The fourth-order valence-electron chi connectivity index (χ4n) is 2.60. The Bertz CT molecular complexity index is 1140. The zero-order valence-corrected chi connectivity index (χ0v) is 16.7. The van der Waals surface area contributed by atoms with E-state index < -0.39 is 6.10 Å². The van der Waals surface area contributed by atoms with Gasteiger partial charge in [0.05, 0.1) is 0 Å². The van der Waals surface area contributed by atoms with E-state index in [2.05, 4.69) is 20.6 Å². The SMILES string of the molecule is Cc1cccc(O[C@H](C)C(=O)Nc2nn3c(-c4ccc(Cl)cc4)nnc3s2)c1. The van der Waals surface area contributed by atoms with Crippen molar-refractivity contribution in [3.8, 4) is 17.1 Å². The molecule has 0 aliphatic heterocycles. The summed E-state index contributed by atoms with van der Waals surface area (Å²) >= 11 is 7.17. The van der Waals surface area contributed by atoms with Gasteiger partial charge in [0.1, 0.15) is 5.75 Å². The summed E-state index contributed by atoms with van der Waals surface area (Å²) in [4.78, 5) is 13.0. The molecule has 0 aliphatic carbocycles. The van der Waals surface area contributed by atoms with Crippen LogP contribution in [0.2, 0.25) is 5.02 Å². The summed E-state index contributed by atoms with van der Waals surface area (Å²) in [6.07, 6.45) is -0.674. The second-order valence-corrected chi connectivity index (χ2v) is 7.59. The summed E-state index contributed by atoms with van der Waals surface area (Å²) in [6.45, 7) is 3.66. The number of rotatable bonds is 5. The number of anilines is 1. The molecule has 2 aromatic heterocycles. The molecule has 7 nitrogen and oxygen atoms in total. The number of fused-ring (bicyclic) bond motifs is 1. The standard InChI is InChI=1S/C19H16ClN5O2S/c1-11-4-3-5-15(10-11)27-12(2)17(26)21-18-24-25-16(22-23-19(25)28-18)13-6-8-14(20)9-7-13/h3-10,12H,1-2H3,(H,21,24,26)/t12-/m1/s1. The molecule has 0 bridgehead atoms. The van der Waals surface area contributed by atoms with Crippen LogP contribution < -0.4 is 10.1 Å². The zero-order valence-electron chi connectivity index (χ0n) is 15.1. The molecule has 2 heterocycles. The Kier molecular flexibility index (Phi) is 4.97. The highest BCUT2D eigenvalue weighted by molar-refractivity contribution is 7.20. The van der Waals surface area contributed by atoms with Crippen LogP contribution in [0.5, 0.6) is 5.75 Å². The largest absolute Gasteiger partial charge is 0.481 e. The number of ether oxygens (including phenoxy) is 1. The maximum Gasteiger partial charge on any atom is 0.266 e. The molecule has 4 rings (SSSR count). The first-order valence-corrected chi connectivity index (χ1v) is 9.71. The molecule has 142 valence electrons. The molecule has 0 fully saturated rings. The molecule has 4 aromatic rings. The maximum atomic E-state index is 12.5. The van der Waals surface area contributed by atoms with Gasteiger partial charge in [-0.05, 0) is 55.8 Å². The first-order chi connectivity index (χ1) is 13.5. The molecule has 1 N–H and O–H groups in total. The average molecular weight is 414 g/mol. The van der Waals surface area contributed by atoms with E-state index in [9.17, 15) is 4.79 Å². The van der Waals surface area contributed by atoms with Crippen LogP contribution in [0.15, 0.2) is 48.5 Å². The van der Waals surface area contributed by atoms with Gasteiger partial charge in [-0.25, -0.2) is 0 Å². The smallest absolute Gasteiger partial charge is 0.266 e. The van der Waals surface area contributed by atoms with Crippen molar-refractivity contribution in [1.29, 1.82) is 0 Å². The van der Waals surface area contributed by atoms with E-state index in [0.717, 1.165) is 11.1 Å². The number of hydrogen-bond donors (Lipinski definition) is 1. The van der Waals surface area contributed by atoms with Crippen molar-refractivity contribution in [2.24, 2.45) is 0 Å². The van der Waals surface area contributed by atoms with Crippen molar-refractivity contribution in [1.82, 2.24) is 19.8 Å². The number of carbonyl (C=O) groups is 1. The van der Waals surface area contributed by atoms with E-state index in [1.54, 1.807) is 23.6 Å². The van der Waals surface area contributed by atoms with Gasteiger partial charge >= 0.3 is 0 Å². The number of halogens is 1. The molecule has 0 saturated heterocycles. The van der Waals surface area contributed by atoms with E-state index >= 15 is 0 Å². The minimum atomic E-state index is -0.674. The van der Waals surface area contributed by atoms with Crippen LogP contribution in [0.3, 0.4) is 0 Å². The molecule has 0 radical (unpaired) electrons. The van der Waals surface area contributed by atoms with Crippen LogP contribution in [-0.4, -0.2) is 31.8 Å². The first-order valence-electron chi connectivity index (χ1n) is 8.52. The monoisotopic (exact) mass is 413 g/mol. The van der Waals surface area contributed by atoms with Crippen molar-refractivity contribution < 1.29 is 9.53 Å². The molecule has 0 saturated carbocycles. The van der Waals surface area contributed by atoms with Gasteiger partial charge in [-0.1, -0.05) is 35.1 Å². The highest BCUT2D eigenvalue weighted by Gasteiger charge is 2.19. The first kappa shape index (κ1) is 18.4. The highest BCUT2D eigenvalue weighted by atomic mass is 35.5. The number of nitrogens with one attached hydrogen (secondary N) is 1. The van der Waals surface area contributed by atoms with Crippen molar-refractivity contribution >= 4 is 38.9 Å². The molecule has 0 aliphatic rings. The van der Waals surface area contributed by atoms with Gasteiger partial charge in [-0.2, -0.15) is 4.52 Å². The minimum absolute atomic E-state index is 0.292. The Morgan fingerprint density at radius 2 is 2.00 bits per heavy atom. The van der Waals surface area contributed by atoms with Crippen LogP contribution >= 0.6 is 22.9 Å². The fraction of sp³-hybridized carbons (Fsp3) is 0.158. The van der Waals surface area contributed by atoms with Gasteiger partial charge in [0.15, 0.2) is 11.9 Å². The van der Waals surface area contributed by atoms with Crippen LogP contribution in [0, 0.1) is 6.92 Å². The Labute approximate surface area is 169 Å². The van der Waals surface area contributed by atoms with Gasteiger partial charge in [0.2, 0.25) is 10.1 Å². The number of nitrogens with zero attached hydrogens (tertiary/aromatic N) is 4. The van der Waals surface area contributed by atoms with Gasteiger partial charge < -0.3 is 4.74 Å². The number of carbonyl (C=O) groups excluding carboxylic acids is 1. The maximum absolute atomic E-state index is 12.5. The summed E-state index contributed by atoms with van der Waals surface area (Å²) in [7, 11) is 0. The summed E-state index contributed by atoms with van der Waals surface area (Å²) in [5, 5.41) is 16.5. The zero-order chi connectivity index (χ0) is 19.7. The molecular weight excluding hydrogens is 398 g/mol. The Hall–Kier alpha value is -2.97. The van der Waals surface area contributed by atoms with Gasteiger partial charge in [-0.15, -0.1) is 15.3 Å². The molecule has 28 heavy (non-hydrogen) atoms. The molecular formula is C19H16ClN5O2S. The third-order valence-electron chi connectivity index (χ3n) is 4.00. The number of hydrogen-bond acceptors (Lipinski definition) is 6. The van der Waals surface area contributed by atoms with E-state index in [4.69, 9.17) is 16.3 Å². The lowest BCUT2D eigenvalue weighted by molar-refractivity contribution is -0.122. The quantitative estimate of drug-likeness (QED) is 0.529. The normalized spacial score (nSPS) is 12.1. The van der Waals surface area contributed by atoms with E-state index in [1.807, 2.05) is 43.3 Å². The van der Waals surface area contributed by atoms with E-state index in [-0.39, 0.29) is 5.91 Å². The molecule has 0 spiro atoms. The fourth-order valence-corrected chi connectivity index (χ4v) is 3.47. The second-order valence-electron chi connectivity index (χ2n) is 6.20. The van der Waals surface area contributed by atoms with Crippen molar-refractivity contribution in [3.63, 3.8) is 0 Å². The summed E-state index contributed by atoms with van der Waals surface area (Å²) in [5.41, 5.74) is 1.89. The van der Waals surface area contributed by atoms with Crippen LogP contribution in [0.1, 0.15) is 12.5 Å². The molecule has 9 heteroatoms. The van der Waals surface area contributed by atoms with Gasteiger partial charge in [0.25, 0.3) is 5.91 Å². The van der Waals surface area contributed by atoms with Gasteiger partial charge in [-0.3, -0.25) is 10.1 Å². The molecule has 1 amide bonds. The Balaban J connectivity index is 1.50. The number of aryl methyl sites for hydroxylation is 1. The third-order valence-corrected chi connectivity index (χ3v) is 5.06. The topological polar surface area (TPSA) is 81.4 Å². The van der Waals surface area contributed by atoms with E-state index in [0.29, 0.717) is 26.7 Å². The minimum Gasteiger partial charge on any atom is -0.481 e. The average Bonchev–Trinajstić information content (AvgIpc) is 3.22. The van der Waals surface area contributed by atoms with Crippen molar-refractivity contribution in [2.45, 2.75) is 20.0 Å². The lowest BCUT2D eigenvalue weighted by Gasteiger charge is -2.13. The highest BCUT2D eigenvalue weighted by Crippen LogP contribution is 2.25. The van der Waals surface area contributed by atoms with E-state index in [1.165, 1.54) is 11.3 Å². The Morgan fingerprint density at radius 1 is 1.21 bits per heavy atom. The summed E-state index contributed by atoms with van der Waals surface area (Å²) in [5.74, 6) is 0.929. The third kappa shape index (κ3) is 3.83. The predicted molar refractivity (Wildman–Crippen MR) is 109 cm³/mol. The lowest BCUT2D eigenvalue weighted by atomic mass is 10.2. The molecule has 0 unspecified atom stereocenters. The summed E-state index contributed by atoms with van der Waals surface area (Å²) < 4.78 is 7.30. The van der Waals surface area contributed by atoms with Crippen LogP contribution in [-0.2, 0) is 4.79 Å².